The number of carbonyl (C=O) groups is 2. The minimum Gasteiger partial charge on any atom is -0.493 e. The lowest BCUT2D eigenvalue weighted by atomic mass is 10.1. The van der Waals surface area contributed by atoms with Gasteiger partial charge in [0.25, 0.3) is 0 Å². The quantitative estimate of drug-likeness (QED) is 0.709. The third kappa shape index (κ3) is 5.60. The second kappa shape index (κ2) is 10.2. The van der Waals surface area contributed by atoms with Crippen molar-refractivity contribution in [1.82, 2.24) is 15.1 Å². The van der Waals surface area contributed by atoms with E-state index in [9.17, 15) is 9.59 Å². The van der Waals surface area contributed by atoms with Crippen LogP contribution in [0.1, 0.15) is 31.7 Å². The van der Waals surface area contributed by atoms with Crippen molar-refractivity contribution in [1.29, 1.82) is 0 Å². The van der Waals surface area contributed by atoms with E-state index in [4.69, 9.17) is 9.47 Å². The van der Waals surface area contributed by atoms with Gasteiger partial charge in [-0.05, 0) is 24.1 Å². The van der Waals surface area contributed by atoms with E-state index >= 15 is 0 Å². The molecule has 1 aliphatic heterocycles. The van der Waals surface area contributed by atoms with Gasteiger partial charge in [0.15, 0.2) is 11.5 Å². The van der Waals surface area contributed by atoms with Crippen molar-refractivity contribution in [2.75, 3.05) is 40.9 Å². The highest BCUT2D eigenvalue weighted by Gasteiger charge is 2.32. The van der Waals surface area contributed by atoms with Crippen LogP contribution < -0.4 is 14.8 Å². The van der Waals surface area contributed by atoms with Gasteiger partial charge >= 0.3 is 0 Å². The highest BCUT2D eigenvalue weighted by Crippen LogP contribution is 2.28. The Labute approximate surface area is 161 Å². The number of nitrogens with one attached hydrogen (secondary N) is 1. The predicted molar refractivity (Wildman–Crippen MR) is 104 cm³/mol. The number of hydrogen-bond donors (Lipinski definition) is 1. The van der Waals surface area contributed by atoms with Gasteiger partial charge in [-0.2, -0.15) is 0 Å². The van der Waals surface area contributed by atoms with Gasteiger partial charge in [-0.1, -0.05) is 19.4 Å². The Bertz CT molecular complexity index is 650. The Morgan fingerprint density at radius 1 is 1.30 bits per heavy atom. The molecule has 1 saturated heterocycles. The van der Waals surface area contributed by atoms with E-state index in [2.05, 4.69) is 17.1 Å². The number of hydrogen-bond acceptors (Lipinski definition) is 5. The Morgan fingerprint density at radius 3 is 2.70 bits per heavy atom. The fourth-order valence-corrected chi connectivity index (χ4v) is 3.23. The highest BCUT2D eigenvalue weighted by atomic mass is 16.5. The maximum absolute atomic E-state index is 12.5. The Kier molecular flexibility index (Phi) is 7.91. The van der Waals surface area contributed by atoms with Crippen LogP contribution in [0.3, 0.4) is 0 Å². The van der Waals surface area contributed by atoms with Crippen LogP contribution in [0.4, 0.5) is 0 Å². The standard InChI is InChI=1S/C20H31N3O4/c1-5-6-10-22(2)19(24)13-16-20(25)21-9-11-23(16)14-15-7-8-17(26-3)18(12-15)27-4/h7-8,12,16H,5-6,9-11,13-14H2,1-4H3,(H,21,25). The summed E-state index contributed by atoms with van der Waals surface area (Å²) in [6.45, 7) is 4.68. The summed E-state index contributed by atoms with van der Waals surface area (Å²) in [5, 5.41) is 2.88. The molecule has 0 saturated carbocycles. The zero-order chi connectivity index (χ0) is 19.8. The van der Waals surface area contributed by atoms with Gasteiger partial charge in [0.05, 0.1) is 26.7 Å². The molecule has 1 heterocycles. The van der Waals surface area contributed by atoms with E-state index < -0.39 is 6.04 Å². The predicted octanol–water partition coefficient (Wildman–Crippen LogP) is 1.65. The smallest absolute Gasteiger partial charge is 0.237 e. The van der Waals surface area contributed by atoms with E-state index in [0.717, 1.165) is 24.9 Å². The molecule has 1 aliphatic rings. The molecule has 27 heavy (non-hydrogen) atoms. The summed E-state index contributed by atoms with van der Waals surface area (Å²) in [6.07, 6.45) is 2.20. The van der Waals surface area contributed by atoms with Crippen molar-refractivity contribution in [3.8, 4) is 11.5 Å². The molecule has 1 fully saturated rings. The normalized spacial score (nSPS) is 17.3. The van der Waals surface area contributed by atoms with E-state index in [1.54, 1.807) is 26.2 Å². The van der Waals surface area contributed by atoms with Gasteiger partial charge in [0, 0.05) is 33.2 Å². The lowest BCUT2D eigenvalue weighted by molar-refractivity contribution is -0.138. The van der Waals surface area contributed by atoms with Crippen molar-refractivity contribution >= 4 is 11.8 Å². The lowest BCUT2D eigenvalue weighted by Gasteiger charge is -2.35. The number of ether oxygens (including phenoxy) is 2. The molecule has 7 nitrogen and oxygen atoms in total. The molecule has 0 aliphatic carbocycles. The molecule has 7 heteroatoms. The zero-order valence-electron chi connectivity index (χ0n) is 16.8. The van der Waals surface area contributed by atoms with Gasteiger partial charge in [-0.15, -0.1) is 0 Å². The molecule has 1 unspecified atom stereocenters. The number of carbonyl (C=O) groups excluding carboxylic acids is 2. The summed E-state index contributed by atoms with van der Waals surface area (Å²) >= 11 is 0. The molecular formula is C20H31N3O4. The molecule has 0 aromatic heterocycles. The van der Waals surface area contributed by atoms with Crippen molar-refractivity contribution in [3.05, 3.63) is 23.8 Å². The summed E-state index contributed by atoms with van der Waals surface area (Å²) in [7, 11) is 5.00. The molecule has 1 atom stereocenters. The van der Waals surface area contributed by atoms with Gasteiger partial charge < -0.3 is 19.7 Å². The lowest BCUT2D eigenvalue weighted by Crippen LogP contribution is -2.56. The topological polar surface area (TPSA) is 71.1 Å². The van der Waals surface area contributed by atoms with Crippen LogP contribution in [0.15, 0.2) is 18.2 Å². The molecule has 0 spiro atoms. The maximum atomic E-state index is 12.5. The van der Waals surface area contributed by atoms with Crippen molar-refractivity contribution in [3.63, 3.8) is 0 Å². The number of unbranched alkanes of at least 4 members (excludes halogenated alkanes) is 1. The minimum atomic E-state index is -0.455. The van der Waals surface area contributed by atoms with Crippen LogP contribution in [0.5, 0.6) is 11.5 Å². The first kappa shape index (κ1) is 21.0. The average molecular weight is 377 g/mol. The summed E-state index contributed by atoms with van der Waals surface area (Å²) in [4.78, 5) is 28.7. The van der Waals surface area contributed by atoms with Gasteiger partial charge in [-0.25, -0.2) is 0 Å². The zero-order valence-corrected chi connectivity index (χ0v) is 16.8. The van der Waals surface area contributed by atoms with E-state index in [0.29, 0.717) is 31.1 Å². The molecule has 1 aromatic rings. The van der Waals surface area contributed by atoms with Crippen LogP contribution in [0.25, 0.3) is 0 Å². The largest absolute Gasteiger partial charge is 0.493 e. The van der Waals surface area contributed by atoms with Gasteiger partial charge in [0.2, 0.25) is 11.8 Å². The number of methoxy groups -OCH3 is 2. The Hall–Kier alpha value is -2.28. The highest BCUT2D eigenvalue weighted by molar-refractivity contribution is 5.88. The van der Waals surface area contributed by atoms with Gasteiger partial charge in [0.1, 0.15) is 0 Å². The van der Waals surface area contributed by atoms with E-state index in [1.165, 1.54) is 0 Å². The average Bonchev–Trinajstić information content (AvgIpc) is 2.68. The molecule has 2 amide bonds. The van der Waals surface area contributed by atoms with Crippen LogP contribution in [-0.2, 0) is 16.1 Å². The van der Waals surface area contributed by atoms with Gasteiger partial charge in [-0.3, -0.25) is 14.5 Å². The molecule has 0 bridgehead atoms. The number of amides is 2. The first-order valence-electron chi connectivity index (χ1n) is 9.46. The fourth-order valence-electron chi connectivity index (χ4n) is 3.23. The van der Waals surface area contributed by atoms with Crippen LogP contribution in [0, 0.1) is 0 Å². The second-order valence-electron chi connectivity index (χ2n) is 6.84. The number of benzene rings is 1. The van der Waals surface area contributed by atoms with E-state index in [-0.39, 0.29) is 18.2 Å². The number of piperazine rings is 1. The second-order valence-corrected chi connectivity index (χ2v) is 6.84. The molecule has 0 radical (unpaired) electrons. The van der Waals surface area contributed by atoms with Crippen LogP contribution >= 0.6 is 0 Å². The molecule has 2 rings (SSSR count). The third-order valence-electron chi connectivity index (χ3n) is 4.92. The van der Waals surface area contributed by atoms with Crippen LogP contribution in [-0.4, -0.2) is 68.6 Å². The monoisotopic (exact) mass is 377 g/mol. The summed E-state index contributed by atoms with van der Waals surface area (Å²) in [5.41, 5.74) is 1.01. The Balaban J connectivity index is 2.09. The third-order valence-corrected chi connectivity index (χ3v) is 4.92. The first-order chi connectivity index (χ1) is 13.0. The summed E-state index contributed by atoms with van der Waals surface area (Å²) < 4.78 is 10.6. The maximum Gasteiger partial charge on any atom is 0.237 e. The molecule has 150 valence electrons. The summed E-state index contributed by atoms with van der Waals surface area (Å²) in [5.74, 6) is 1.24. The van der Waals surface area contributed by atoms with Crippen molar-refractivity contribution in [2.24, 2.45) is 0 Å². The SMILES string of the molecule is CCCCN(C)C(=O)CC1C(=O)NCCN1Cc1ccc(OC)c(OC)c1. The Morgan fingerprint density at radius 2 is 2.04 bits per heavy atom. The van der Waals surface area contributed by atoms with Crippen molar-refractivity contribution < 1.29 is 19.1 Å². The van der Waals surface area contributed by atoms with Crippen LogP contribution in [0.2, 0.25) is 0 Å². The number of nitrogens with zero attached hydrogens (tertiary/aromatic N) is 2. The molecule has 1 N–H and O–H groups in total. The van der Waals surface area contributed by atoms with E-state index in [1.807, 2.05) is 18.2 Å². The molecular weight excluding hydrogens is 346 g/mol. The first-order valence-corrected chi connectivity index (χ1v) is 9.46. The molecule has 1 aromatic carbocycles. The fraction of sp³-hybridized carbons (Fsp3) is 0.600. The summed E-state index contributed by atoms with van der Waals surface area (Å²) in [6, 6.07) is 5.28. The van der Waals surface area contributed by atoms with Crippen molar-refractivity contribution in [2.45, 2.75) is 38.8 Å². The minimum absolute atomic E-state index is 0.00260. The number of rotatable bonds is 9.